The maximum absolute atomic E-state index is 15.3. The summed E-state index contributed by atoms with van der Waals surface area (Å²) in [6.45, 7) is 0.283. The van der Waals surface area contributed by atoms with Crippen molar-refractivity contribution in [3.63, 3.8) is 0 Å². The summed E-state index contributed by atoms with van der Waals surface area (Å²) in [5.74, 6) is -0.930. The van der Waals surface area contributed by atoms with Gasteiger partial charge in [0.2, 0.25) is 0 Å². The number of hydrogen-bond donors (Lipinski definition) is 1. The summed E-state index contributed by atoms with van der Waals surface area (Å²) < 4.78 is 33.4. The number of carbonyl (C=O) groups is 2. The SMILES string of the molecule is O=C(N[C@H]1[C@@H](OCc2ccccc2)O[C@@H]2CO[C@@H](c3ccccc3)O[C@H]2[C@@H]1OC(=O)c1ccccc1P(c1ccccc1)c1ccccc1)c1ccccc1P(c1ccccc1)c1ccccc1. The first kappa shape index (κ1) is 45.2. The highest BCUT2D eigenvalue weighted by atomic mass is 31.1. The van der Waals surface area contributed by atoms with Crippen molar-refractivity contribution in [3.8, 4) is 0 Å². The van der Waals surface area contributed by atoms with E-state index in [0.29, 0.717) is 11.1 Å². The molecule has 68 heavy (non-hydrogen) atoms. The van der Waals surface area contributed by atoms with Crippen LogP contribution in [0.25, 0.3) is 0 Å². The standard InChI is InChI=1S/C58H49NO7P2/c60-55(47-35-19-21-37-50(47)67(43-27-11-3-12-28-43)44-29-13-4-14-30-44)59-52-54(65-56(61)48-36-20-22-38-51(48)68(45-31-15-5-16-32-45)46-33-17-6-18-34-46)53-49(40-63-57(66-53)42-25-9-2-10-26-42)64-58(52)62-39-41-23-7-1-8-24-41/h1-38,49,52-54,57-58H,39-40H2,(H,59,60)/t49-,52-,53-,54-,57-,58+/m1/s1. The Morgan fingerprint density at radius 2 is 0.956 bits per heavy atom. The lowest BCUT2D eigenvalue weighted by Crippen LogP contribution is -2.68. The molecule has 8 nitrogen and oxygen atoms in total. The van der Waals surface area contributed by atoms with Crippen LogP contribution in [0.4, 0.5) is 0 Å². The van der Waals surface area contributed by atoms with Gasteiger partial charge < -0.3 is 29.0 Å². The van der Waals surface area contributed by atoms with Gasteiger partial charge in [0.15, 0.2) is 18.7 Å². The largest absolute Gasteiger partial charge is 0.453 e. The van der Waals surface area contributed by atoms with Gasteiger partial charge in [0.1, 0.15) is 18.2 Å². The maximum Gasteiger partial charge on any atom is 0.339 e. The maximum atomic E-state index is 15.3. The molecule has 10 rings (SSSR count). The molecule has 338 valence electrons. The van der Waals surface area contributed by atoms with E-state index in [1.807, 2.05) is 182 Å². The Bertz CT molecular complexity index is 2820. The number of amides is 1. The summed E-state index contributed by atoms with van der Waals surface area (Å²) in [5, 5.41) is 9.41. The van der Waals surface area contributed by atoms with Gasteiger partial charge in [-0.05, 0) is 65.4 Å². The summed E-state index contributed by atoms with van der Waals surface area (Å²) in [4.78, 5) is 30.6. The third-order valence-electron chi connectivity index (χ3n) is 12.0. The summed E-state index contributed by atoms with van der Waals surface area (Å²) in [6, 6.07) is 74.7. The second kappa shape index (κ2) is 21.6. The quantitative estimate of drug-likeness (QED) is 0.0864. The monoisotopic (exact) mass is 933 g/mol. The lowest BCUT2D eigenvalue weighted by atomic mass is 9.94. The predicted molar refractivity (Wildman–Crippen MR) is 271 cm³/mol. The van der Waals surface area contributed by atoms with E-state index in [4.69, 9.17) is 23.7 Å². The van der Waals surface area contributed by atoms with Gasteiger partial charge in [0, 0.05) is 11.1 Å². The van der Waals surface area contributed by atoms with Crippen molar-refractivity contribution in [2.24, 2.45) is 0 Å². The van der Waals surface area contributed by atoms with Gasteiger partial charge in [-0.2, -0.15) is 0 Å². The molecular weight excluding hydrogens is 885 g/mol. The van der Waals surface area contributed by atoms with Gasteiger partial charge in [-0.25, -0.2) is 4.79 Å². The molecule has 2 heterocycles. The van der Waals surface area contributed by atoms with Crippen LogP contribution in [0.15, 0.2) is 231 Å². The van der Waals surface area contributed by atoms with Gasteiger partial charge in [-0.1, -0.05) is 218 Å². The number of ether oxygens (including phenoxy) is 5. The zero-order chi connectivity index (χ0) is 46.1. The van der Waals surface area contributed by atoms with E-state index in [2.05, 4.69) is 53.8 Å². The van der Waals surface area contributed by atoms with Crippen LogP contribution in [0.1, 0.15) is 38.1 Å². The Labute approximate surface area is 399 Å². The molecule has 1 amide bonds. The Balaban J connectivity index is 1.06. The van der Waals surface area contributed by atoms with E-state index < -0.39 is 58.7 Å². The number of benzene rings is 8. The van der Waals surface area contributed by atoms with Crippen LogP contribution >= 0.6 is 15.8 Å². The molecule has 0 aromatic heterocycles. The molecule has 10 heteroatoms. The molecular formula is C58H49NO7P2. The molecule has 2 aliphatic rings. The molecule has 0 unspecified atom stereocenters. The summed E-state index contributed by atoms with van der Waals surface area (Å²) in [5.41, 5.74) is 2.60. The van der Waals surface area contributed by atoms with Crippen molar-refractivity contribution < 1.29 is 33.3 Å². The highest BCUT2D eigenvalue weighted by Crippen LogP contribution is 2.39. The molecule has 8 aromatic rings. The van der Waals surface area contributed by atoms with Crippen LogP contribution < -0.4 is 37.1 Å². The molecule has 2 fully saturated rings. The number of nitrogens with one attached hydrogen (secondary N) is 1. The average molecular weight is 934 g/mol. The molecule has 0 bridgehead atoms. The molecule has 0 spiro atoms. The van der Waals surface area contributed by atoms with E-state index in [9.17, 15) is 0 Å². The first-order valence-corrected chi connectivity index (χ1v) is 25.4. The van der Waals surface area contributed by atoms with Crippen molar-refractivity contribution in [1.29, 1.82) is 0 Å². The van der Waals surface area contributed by atoms with Crippen molar-refractivity contribution >= 4 is 59.5 Å². The zero-order valence-electron chi connectivity index (χ0n) is 37.1. The number of hydrogen-bond acceptors (Lipinski definition) is 7. The van der Waals surface area contributed by atoms with Crippen molar-refractivity contribution in [2.45, 2.75) is 43.5 Å². The number of fused-ring (bicyclic) bond motifs is 1. The fourth-order valence-electron chi connectivity index (χ4n) is 8.82. The minimum Gasteiger partial charge on any atom is -0.453 e. The molecule has 2 aliphatic heterocycles. The molecule has 2 saturated heterocycles. The molecule has 0 radical (unpaired) electrons. The normalized spacial score (nSPS) is 20.0. The topological polar surface area (TPSA) is 92.3 Å². The first-order chi connectivity index (χ1) is 33.6. The molecule has 0 aliphatic carbocycles. The van der Waals surface area contributed by atoms with Gasteiger partial charge in [-0.3, -0.25) is 4.79 Å². The van der Waals surface area contributed by atoms with Crippen LogP contribution in [0.2, 0.25) is 0 Å². The second-order valence-electron chi connectivity index (χ2n) is 16.4. The third-order valence-corrected chi connectivity index (χ3v) is 17.0. The van der Waals surface area contributed by atoms with Crippen LogP contribution in [-0.4, -0.2) is 49.1 Å². The van der Waals surface area contributed by atoms with E-state index >= 15 is 9.59 Å². The Morgan fingerprint density at radius 3 is 1.49 bits per heavy atom. The third kappa shape index (κ3) is 10.1. The summed E-state index contributed by atoms with van der Waals surface area (Å²) in [7, 11) is -2.36. The van der Waals surface area contributed by atoms with Gasteiger partial charge in [0.05, 0.1) is 18.8 Å². The lowest BCUT2D eigenvalue weighted by molar-refractivity contribution is -0.344. The fraction of sp³-hybridized carbons (Fsp3) is 0.138. The number of rotatable bonds is 14. The van der Waals surface area contributed by atoms with Crippen LogP contribution in [0, 0.1) is 0 Å². The minimum atomic E-state index is -1.19. The van der Waals surface area contributed by atoms with Crippen LogP contribution in [-0.2, 0) is 30.3 Å². The van der Waals surface area contributed by atoms with Gasteiger partial charge >= 0.3 is 5.97 Å². The molecule has 1 N–H and O–H groups in total. The predicted octanol–water partition coefficient (Wildman–Crippen LogP) is 8.58. The molecule has 8 aromatic carbocycles. The van der Waals surface area contributed by atoms with E-state index in [1.165, 1.54) is 0 Å². The highest BCUT2D eigenvalue weighted by Gasteiger charge is 2.53. The second-order valence-corrected chi connectivity index (χ2v) is 20.8. The summed E-state index contributed by atoms with van der Waals surface area (Å²) in [6.07, 6.45) is -4.59. The average Bonchev–Trinajstić information content (AvgIpc) is 3.41. The number of carbonyl (C=O) groups excluding carboxylic acids is 2. The number of esters is 1. The summed E-state index contributed by atoms with van der Waals surface area (Å²) >= 11 is 0. The molecule has 0 saturated carbocycles. The van der Waals surface area contributed by atoms with Crippen molar-refractivity contribution in [3.05, 3.63) is 253 Å². The first-order valence-electron chi connectivity index (χ1n) is 22.7. The lowest BCUT2D eigenvalue weighted by Gasteiger charge is -2.49. The van der Waals surface area contributed by atoms with Gasteiger partial charge in [0.25, 0.3) is 5.91 Å². The Hall–Kier alpha value is -6.60. The minimum absolute atomic E-state index is 0.120. The zero-order valence-corrected chi connectivity index (χ0v) is 38.9. The smallest absolute Gasteiger partial charge is 0.339 e. The Morgan fingerprint density at radius 1 is 0.515 bits per heavy atom. The van der Waals surface area contributed by atoms with E-state index in [0.717, 1.165) is 43.0 Å². The van der Waals surface area contributed by atoms with Crippen molar-refractivity contribution in [1.82, 2.24) is 5.32 Å². The van der Waals surface area contributed by atoms with Gasteiger partial charge in [-0.15, -0.1) is 0 Å². The fourth-order valence-corrected chi connectivity index (χ4v) is 13.7. The van der Waals surface area contributed by atoms with E-state index in [1.54, 1.807) is 0 Å². The molecule has 6 atom stereocenters. The van der Waals surface area contributed by atoms with Crippen LogP contribution in [0.5, 0.6) is 0 Å². The highest BCUT2D eigenvalue weighted by molar-refractivity contribution is 7.80. The Kier molecular flexibility index (Phi) is 14.3. The van der Waals surface area contributed by atoms with Crippen LogP contribution in [0.3, 0.4) is 0 Å². The van der Waals surface area contributed by atoms with Crippen molar-refractivity contribution in [2.75, 3.05) is 6.61 Å². The van der Waals surface area contributed by atoms with E-state index in [-0.39, 0.29) is 19.1 Å².